The van der Waals surface area contributed by atoms with Gasteiger partial charge < -0.3 is 18.2 Å². The van der Waals surface area contributed by atoms with Gasteiger partial charge in [-0.15, -0.1) is 0 Å². The van der Waals surface area contributed by atoms with E-state index in [1.54, 1.807) is 24.5 Å². The SMILES string of the molecule is CCc1ccc2oc(C(=O)N(Cc3ccco3)Cc3ccc(C)o3)cc(=O)c2c1. The first kappa shape index (κ1) is 18.8. The zero-order chi connectivity index (χ0) is 20.4. The molecule has 29 heavy (non-hydrogen) atoms. The lowest BCUT2D eigenvalue weighted by Crippen LogP contribution is -2.30. The number of aryl methyl sites for hydroxylation is 2. The van der Waals surface area contributed by atoms with Crippen LogP contribution in [0.2, 0.25) is 0 Å². The monoisotopic (exact) mass is 391 g/mol. The molecule has 0 aliphatic rings. The van der Waals surface area contributed by atoms with Crippen LogP contribution < -0.4 is 5.43 Å². The predicted molar refractivity (Wildman–Crippen MR) is 108 cm³/mol. The van der Waals surface area contributed by atoms with E-state index in [9.17, 15) is 9.59 Å². The lowest BCUT2D eigenvalue weighted by Gasteiger charge is -2.20. The van der Waals surface area contributed by atoms with Crippen molar-refractivity contribution in [2.24, 2.45) is 0 Å². The molecule has 0 saturated carbocycles. The number of furan rings is 2. The Labute approximate surface area is 167 Å². The van der Waals surface area contributed by atoms with Gasteiger partial charge in [0.15, 0.2) is 11.2 Å². The molecule has 4 rings (SSSR count). The summed E-state index contributed by atoms with van der Waals surface area (Å²) in [5.41, 5.74) is 1.19. The second-order valence-electron chi connectivity index (χ2n) is 6.91. The fourth-order valence-electron chi connectivity index (χ4n) is 3.23. The van der Waals surface area contributed by atoms with Crippen molar-refractivity contribution in [3.8, 4) is 0 Å². The minimum atomic E-state index is -0.408. The van der Waals surface area contributed by atoms with Gasteiger partial charge in [0.05, 0.1) is 24.7 Å². The highest BCUT2D eigenvalue weighted by Gasteiger charge is 2.22. The van der Waals surface area contributed by atoms with E-state index >= 15 is 0 Å². The minimum Gasteiger partial charge on any atom is -0.467 e. The van der Waals surface area contributed by atoms with E-state index in [0.29, 0.717) is 22.5 Å². The third-order valence-electron chi connectivity index (χ3n) is 4.77. The molecule has 0 atom stereocenters. The molecule has 6 nitrogen and oxygen atoms in total. The molecule has 0 bridgehead atoms. The summed E-state index contributed by atoms with van der Waals surface area (Å²) in [5, 5.41) is 0.472. The molecule has 0 spiro atoms. The third-order valence-corrected chi connectivity index (χ3v) is 4.77. The molecule has 1 aromatic carbocycles. The Hall–Kier alpha value is -3.54. The van der Waals surface area contributed by atoms with Crippen LogP contribution >= 0.6 is 0 Å². The summed E-state index contributed by atoms with van der Waals surface area (Å²) in [6.07, 6.45) is 2.37. The number of rotatable bonds is 6. The minimum absolute atomic E-state index is 0.0124. The molecule has 1 amide bonds. The van der Waals surface area contributed by atoms with Gasteiger partial charge in [0.1, 0.15) is 22.9 Å². The molecule has 4 aromatic rings. The average molecular weight is 391 g/mol. The molecule has 0 fully saturated rings. The van der Waals surface area contributed by atoms with E-state index in [-0.39, 0.29) is 24.3 Å². The smallest absolute Gasteiger partial charge is 0.290 e. The molecule has 3 aromatic heterocycles. The third kappa shape index (κ3) is 4.01. The van der Waals surface area contributed by atoms with Crippen LogP contribution in [0.4, 0.5) is 0 Å². The lowest BCUT2D eigenvalue weighted by molar-refractivity contribution is 0.0672. The molecule has 3 heterocycles. The second kappa shape index (κ2) is 7.83. The van der Waals surface area contributed by atoms with Crippen molar-refractivity contribution < 1.29 is 18.0 Å². The molecule has 0 unspecified atom stereocenters. The van der Waals surface area contributed by atoms with Crippen molar-refractivity contribution in [1.29, 1.82) is 0 Å². The molecule has 0 radical (unpaired) electrons. The number of carbonyl (C=O) groups excluding carboxylic acids is 1. The molecule has 0 aliphatic heterocycles. The van der Waals surface area contributed by atoms with Gasteiger partial charge in [-0.2, -0.15) is 0 Å². The van der Waals surface area contributed by atoms with Crippen molar-refractivity contribution in [3.63, 3.8) is 0 Å². The van der Waals surface area contributed by atoms with Gasteiger partial charge in [0, 0.05) is 6.07 Å². The fourth-order valence-corrected chi connectivity index (χ4v) is 3.23. The van der Waals surface area contributed by atoms with Crippen LogP contribution in [0.25, 0.3) is 11.0 Å². The van der Waals surface area contributed by atoms with E-state index in [0.717, 1.165) is 17.7 Å². The van der Waals surface area contributed by atoms with Gasteiger partial charge in [0.25, 0.3) is 5.91 Å². The van der Waals surface area contributed by atoms with Crippen LogP contribution in [0.3, 0.4) is 0 Å². The summed E-state index contributed by atoms with van der Waals surface area (Å²) in [6.45, 7) is 4.31. The predicted octanol–water partition coefficient (Wildman–Crippen LogP) is 4.69. The summed E-state index contributed by atoms with van der Waals surface area (Å²) in [6, 6.07) is 13.9. The van der Waals surface area contributed by atoms with Crippen molar-refractivity contribution in [2.75, 3.05) is 0 Å². The Balaban J connectivity index is 1.69. The summed E-state index contributed by atoms with van der Waals surface area (Å²) in [5.74, 6) is 1.60. The Kier molecular flexibility index (Phi) is 5.08. The van der Waals surface area contributed by atoms with Crippen LogP contribution in [0.5, 0.6) is 0 Å². The number of amides is 1. The molecule has 0 N–H and O–H groups in total. The highest BCUT2D eigenvalue weighted by Crippen LogP contribution is 2.19. The summed E-state index contributed by atoms with van der Waals surface area (Å²) in [4.78, 5) is 27.3. The molecule has 6 heteroatoms. The first-order valence-corrected chi connectivity index (χ1v) is 9.47. The van der Waals surface area contributed by atoms with Crippen molar-refractivity contribution in [2.45, 2.75) is 33.4 Å². The Morgan fingerprint density at radius 2 is 1.83 bits per heavy atom. The first-order chi connectivity index (χ1) is 14.0. The summed E-state index contributed by atoms with van der Waals surface area (Å²) < 4.78 is 16.8. The summed E-state index contributed by atoms with van der Waals surface area (Å²) in [7, 11) is 0. The zero-order valence-electron chi connectivity index (χ0n) is 16.3. The van der Waals surface area contributed by atoms with Crippen LogP contribution in [0.15, 0.2) is 72.8 Å². The largest absolute Gasteiger partial charge is 0.467 e. The second-order valence-corrected chi connectivity index (χ2v) is 6.91. The average Bonchev–Trinajstić information content (AvgIpc) is 3.38. The van der Waals surface area contributed by atoms with Gasteiger partial charge in [-0.05, 0) is 55.3 Å². The van der Waals surface area contributed by atoms with E-state index < -0.39 is 5.91 Å². The van der Waals surface area contributed by atoms with E-state index in [2.05, 4.69) is 0 Å². The Morgan fingerprint density at radius 1 is 1.00 bits per heavy atom. The van der Waals surface area contributed by atoms with Crippen molar-refractivity contribution in [3.05, 3.63) is 93.6 Å². The topological polar surface area (TPSA) is 76.8 Å². The van der Waals surface area contributed by atoms with Gasteiger partial charge in [-0.1, -0.05) is 13.0 Å². The lowest BCUT2D eigenvalue weighted by atomic mass is 10.1. The van der Waals surface area contributed by atoms with Crippen LogP contribution in [0.1, 0.15) is 40.3 Å². The number of benzene rings is 1. The number of hydrogen-bond acceptors (Lipinski definition) is 5. The Morgan fingerprint density at radius 3 is 2.52 bits per heavy atom. The molecular weight excluding hydrogens is 370 g/mol. The molecule has 0 aliphatic carbocycles. The van der Waals surface area contributed by atoms with Crippen molar-refractivity contribution in [1.82, 2.24) is 4.90 Å². The number of nitrogens with zero attached hydrogens (tertiary/aromatic N) is 1. The number of hydrogen-bond donors (Lipinski definition) is 0. The van der Waals surface area contributed by atoms with Gasteiger partial charge >= 0.3 is 0 Å². The quantitative estimate of drug-likeness (QED) is 0.476. The molecule has 0 saturated heterocycles. The van der Waals surface area contributed by atoms with Crippen molar-refractivity contribution >= 4 is 16.9 Å². The van der Waals surface area contributed by atoms with Gasteiger partial charge in [-0.25, -0.2) is 0 Å². The van der Waals surface area contributed by atoms with Crippen LogP contribution in [-0.4, -0.2) is 10.8 Å². The van der Waals surface area contributed by atoms with Gasteiger partial charge in [0.2, 0.25) is 0 Å². The molecule has 148 valence electrons. The number of fused-ring (bicyclic) bond motifs is 1. The number of carbonyl (C=O) groups is 1. The van der Waals surface area contributed by atoms with Crippen LogP contribution in [-0.2, 0) is 19.5 Å². The summed E-state index contributed by atoms with van der Waals surface area (Å²) >= 11 is 0. The molecular formula is C23H21NO5. The maximum Gasteiger partial charge on any atom is 0.290 e. The maximum atomic E-state index is 13.2. The first-order valence-electron chi connectivity index (χ1n) is 9.47. The van der Waals surface area contributed by atoms with E-state index in [1.807, 2.05) is 38.1 Å². The highest BCUT2D eigenvalue weighted by molar-refractivity contribution is 5.93. The zero-order valence-corrected chi connectivity index (χ0v) is 16.3. The van der Waals surface area contributed by atoms with E-state index in [1.165, 1.54) is 11.0 Å². The maximum absolute atomic E-state index is 13.2. The fraction of sp³-hybridized carbons (Fsp3) is 0.217. The normalized spacial score (nSPS) is 11.1. The van der Waals surface area contributed by atoms with Crippen LogP contribution in [0, 0.1) is 6.92 Å². The van der Waals surface area contributed by atoms with Gasteiger partial charge in [-0.3, -0.25) is 9.59 Å². The highest BCUT2D eigenvalue weighted by atomic mass is 16.4. The Bertz CT molecular complexity index is 1200. The van der Waals surface area contributed by atoms with E-state index in [4.69, 9.17) is 13.3 Å². The standard InChI is InChI=1S/C23H21NO5/c1-3-16-7-9-21-19(11-16)20(25)12-22(29-21)23(26)24(13-17-5-4-10-27-17)14-18-8-6-15(2)28-18/h4-12H,3,13-14H2,1-2H3.